The van der Waals surface area contributed by atoms with Crippen LogP contribution in [0.5, 0.6) is 11.5 Å². The van der Waals surface area contributed by atoms with Crippen LogP contribution in [-0.4, -0.2) is 38.3 Å². The zero-order valence-electron chi connectivity index (χ0n) is 11.2. The summed E-state index contributed by atoms with van der Waals surface area (Å²) in [5.74, 6) is 1.58. The molecule has 4 nitrogen and oxygen atoms in total. The van der Waals surface area contributed by atoms with E-state index in [0.717, 1.165) is 36.6 Å². The smallest absolute Gasteiger partial charge is 0.166 e. The summed E-state index contributed by atoms with van der Waals surface area (Å²) in [6.07, 6.45) is 2.49. The van der Waals surface area contributed by atoms with E-state index in [1.54, 1.807) is 7.11 Å². The van der Waals surface area contributed by atoms with Gasteiger partial charge in [0.1, 0.15) is 6.10 Å². The first-order chi connectivity index (χ1) is 8.74. The van der Waals surface area contributed by atoms with E-state index in [0.29, 0.717) is 6.54 Å². The maximum atomic E-state index is 6.12. The van der Waals surface area contributed by atoms with Crippen LogP contribution in [0.15, 0.2) is 18.2 Å². The van der Waals surface area contributed by atoms with E-state index in [2.05, 4.69) is 11.9 Å². The minimum Gasteiger partial charge on any atom is -0.493 e. The van der Waals surface area contributed by atoms with E-state index >= 15 is 0 Å². The van der Waals surface area contributed by atoms with E-state index in [9.17, 15) is 0 Å². The van der Waals surface area contributed by atoms with Crippen molar-refractivity contribution < 1.29 is 9.47 Å². The van der Waals surface area contributed by atoms with Gasteiger partial charge in [0.15, 0.2) is 11.5 Å². The number of benzene rings is 1. The normalized spacial score (nSPS) is 20.7. The average Bonchev–Trinajstić information content (AvgIpc) is 2.39. The van der Waals surface area contributed by atoms with Crippen LogP contribution in [0.3, 0.4) is 0 Å². The van der Waals surface area contributed by atoms with E-state index in [-0.39, 0.29) is 6.10 Å². The molecule has 0 bridgehead atoms. The Labute approximate surface area is 109 Å². The number of nitrogens with zero attached hydrogens (tertiary/aromatic N) is 1. The molecule has 2 N–H and O–H groups in total. The van der Waals surface area contributed by atoms with E-state index in [4.69, 9.17) is 15.2 Å². The molecule has 1 aromatic carbocycles. The first-order valence-corrected chi connectivity index (χ1v) is 6.45. The fourth-order valence-electron chi connectivity index (χ4n) is 2.40. The quantitative estimate of drug-likeness (QED) is 0.882. The third-order valence-corrected chi connectivity index (χ3v) is 3.37. The SMILES string of the molecule is COc1cccc(CN)c1OC1CCCN(C)C1. The number of nitrogens with two attached hydrogens (primary N) is 1. The predicted octanol–water partition coefficient (Wildman–Crippen LogP) is 1.63. The lowest BCUT2D eigenvalue weighted by Gasteiger charge is -2.31. The zero-order chi connectivity index (χ0) is 13.0. The largest absolute Gasteiger partial charge is 0.493 e. The lowest BCUT2D eigenvalue weighted by Crippen LogP contribution is -2.38. The van der Waals surface area contributed by atoms with Crippen LogP contribution in [0.1, 0.15) is 18.4 Å². The van der Waals surface area contributed by atoms with Gasteiger partial charge in [-0.1, -0.05) is 12.1 Å². The average molecular weight is 250 g/mol. The summed E-state index contributed by atoms with van der Waals surface area (Å²) in [6.45, 7) is 2.58. The minimum absolute atomic E-state index is 0.227. The maximum Gasteiger partial charge on any atom is 0.166 e. The topological polar surface area (TPSA) is 47.7 Å². The highest BCUT2D eigenvalue weighted by molar-refractivity contribution is 5.46. The van der Waals surface area contributed by atoms with Gasteiger partial charge in [0.25, 0.3) is 0 Å². The molecule has 18 heavy (non-hydrogen) atoms. The van der Waals surface area contributed by atoms with Gasteiger partial charge in [-0.3, -0.25) is 0 Å². The molecule has 1 unspecified atom stereocenters. The lowest BCUT2D eigenvalue weighted by atomic mass is 10.1. The number of piperidine rings is 1. The molecule has 0 amide bonds. The Bertz CT molecular complexity index is 373. The van der Waals surface area contributed by atoms with Gasteiger partial charge in [-0.05, 0) is 32.5 Å². The molecule has 0 saturated carbocycles. The molecule has 100 valence electrons. The van der Waals surface area contributed by atoms with Gasteiger partial charge in [0, 0.05) is 18.7 Å². The molecule has 1 atom stereocenters. The summed E-state index contributed by atoms with van der Waals surface area (Å²) in [5.41, 5.74) is 6.76. The molecule has 0 aliphatic carbocycles. The van der Waals surface area contributed by atoms with Crippen LogP contribution in [-0.2, 0) is 6.54 Å². The molecule has 1 heterocycles. The summed E-state index contributed by atoms with van der Waals surface area (Å²) in [5, 5.41) is 0. The van der Waals surface area contributed by atoms with Gasteiger partial charge in [-0.25, -0.2) is 0 Å². The van der Waals surface area contributed by atoms with Crippen LogP contribution in [0.4, 0.5) is 0 Å². The Balaban J connectivity index is 2.16. The van der Waals surface area contributed by atoms with Gasteiger partial charge in [-0.15, -0.1) is 0 Å². The summed E-state index contributed by atoms with van der Waals surface area (Å²) in [6, 6.07) is 5.85. The molecular weight excluding hydrogens is 228 g/mol. The molecule has 2 rings (SSSR count). The van der Waals surface area contributed by atoms with Crippen molar-refractivity contribution in [2.45, 2.75) is 25.5 Å². The van der Waals surface area contributed by atoms with Gasteiger partial charge < -0.3 is 20.1 Å². The summed E-state index contributed by atoms with van der Waals surface area (Å²) in [4.78, 5) is 2.30. The fourth-order valence-corrected chi connectivity index (χ4v) is 2.40. The van der Waals surface area contributed by atoms with Crippen molar-refractivity contribution in [2.24, 2.45) is 5.73 Å². The first-order valence-electron chi connectivity index (χ1n) is 6.45. The zero-order valence-corrected chi connectivity index (χ0v) is 11.2. The minimum atomic E-state index is 0.227. The van der Waals surface area contributed by atoms with Crippen molar-refractivity contribution in [1.82, 2.24) is 4.90 Å². The van der Waals surface area contributed by atoms with Crippen molar-refractivity contribution in [1.29, 1.82) is 0 Å². The lowest BCUT2D eigenvalue weighted by molar-refractivity contribution is 0.100. The third kappa shape index (κ3) is 2.94. The number of methoxy groups -OCH3 is 1. The maximum absolute atomic E-state index is 6.12. The second-order valence-corrected chi connectivity index (χ2v) is 4.80. The second kappa shape index (κ2) is 6.07. The molecule has 0 radical (unpaired) electrons. The number of likely N-dealkylation sites (N-methyl/N-ethyl adjacent to an activating group) is 1. The van der Waals surface area contributed by atoms with Gasteiger partial charge >= 0.3 is 0 Å². The fraction of sp³-hybridized carbons (Fsp3) is 0.571. The number of para-hydroxylation sites is 1. The first kappa shape index (κ1) is 13.2. The Morgan fingerprint density at radius 1 is 1.44 bits per heavy atom. The standard InChI is InChI=1S/C14H22N2O2/c1-16-8-4-6-12(10-16)18-14-11(9-15)5-3-7-13(14)17-2/h3,5,7,12H,4,6,8-10,15H2,1-2H3. The second-order valence-electron chi connectivity index (χ2n) is 4.80. The summed E-state index contributed by atoms with van der Waals surface area (Å²) in [7, 11) is 3.79. The van der Waals surface area contributed by atoms with Gasteiger partial charge in [0.05, 0.1) is 7.11 Å². The van der Waals surface area contributed by atoms with Crippen molar-refractivity contribution >= 4 is 0 Å². The number of rotatable bonds is 4. The molecule has 1 aliphatic rings. The molecule has 4 heteroatoms. The summed E-state index contributed by atoms with van der Waals surface area (Å²) >= 11 is 0. The predicted molar refractivity (Wildman–Crippen MR) is 72.0 cm³/mol. The number of ether oxygens (including phenoxy) is 2. The number of likely N-dealkylation sites (tertiary alicyclic amines) is 1. The molecule has 0 spiro atoms. The highest BCUT2D eigenvalue weighted by Crippen LogP contribution is 2.32. The van der Waals surface area contributed by atoms with Gasteiger partial charge in [-0.2, -0.15) is 0 Å². The Morgan fingerprint density at radius 3 is 2.94 bits per heavy atom. The molecule has 1 aliphatic heterocycles. The Kier molecular flexibility index (Phi) is 4.44. The van der Waals surface area contributed by atoms with Crippen molar-refractivity contribution in [3.05, 3.63) is 23.8 Å². The molecule has 1 aromatic rings. The van der Waals surface area contributed by atoms with E-state index in [1.165, 1.54) is 6.42 Å². The number of hydrogen-bond donors (Lipinski definition) is 1. The van der Waals surface area contributed by atoms with E-state index in [1.807, 2.05) is 18.2 Å². The van der Waals surface area contributed by atoms with Crippen LogP contribution in [0, 0.1) is 0 Å². The van der Waals surface area contributed by atoms with Crippen LogP contribution >= 0.6 is 0 Å². The highest BCUT2D eigenvalue weighted by Gasteiger charge is 2.21. The Hall–Kier alpha value is -1.26. The van der Waals surface area contributed by atoms with Crippen molar-refractivity contribution in [2.75, 3.05) is 27.2 Å². The monoisotopic (exact) mass is 250 g/mol. The third-order valence-electron chi connectivity index (χ3n) is 3.37. The van der Waals surface area contributed by atoms with Gasteiger partial charge in [0.2, 0.25) is 0 Å². The van der Waals surface area contributed by atoms with E-state index < -0.39 is 0 Å². The Morgan fingerprint density at radius 2 is 2.28 bits per heavy atom. The van der Waals surface area contributed by atoms with Crippen LogP contribution in [0.25, 0.3) is 0 Å². The number of hydrogen-bond acceptors (Lipinski definition) is 4. The van der Waals surface area contributed by atoms with Crippen LogP contribution < -0.4 is 15.2 Å². The van der Waals surface area contributed by atoms with Crippen LogP contribution in [0.2, 0.25) is 0 Å². The molecular formula is C14H22N2O2. The highest BCUT2D eigenvalue weighted by atomic mass is 16.5. The van der Waals surface area contributed by atoms with Crippen molar-refractivity contribution in [3.63, 3.8) is 0 Å². The summed E-state index contributed by atoms with van der Waals surface area (Å²) < 4.78 is 11.5. The molecule has 0 aromatic heterocycles. The molecule has 1 fully saturated rings. The molecule has 1 saturated heterocycles. The van der Waals surface area contributed by atoms with Crippen molar-refractivity contribution in [3.8, 4) is 11.5 Å².